The fraction of sp³-hybridized carbons (Fsp3) is 0.900. The molecule has 4 aliphatic rings. The highest BCUT2D eigenvalue weighted by molar-refractivity contribution is 5.08. The van der Waals surface area contributed by atoms with E-state index < -0.39 is 5.60 Å². The van der Waals surface area contributed by atoms with Gasteiger partial charge in [-0.1, -0.05) is 46.3 Å². The summed E-state index contributed by atoms with van der Waals surface area (Å²) in [4.78, 5) is 0. The Morgan fingerprint density at radius 3 is 2.23 bits per heavy atom. The Labute approximate surface area is 137 Å². The maximum absolute atomic E-state index is 10.0. The average Bonchev–Trinajstić information content (AvgIpc) is 2.45. The smallest absolute Gasteiger partial charge is 0.0707 e. The van der Waals surface area contributed by atoms with Gasteiger partial charge in [-0.25, -0.2) is 0 Å². The highest BCUT2D eigenvalue weighted by atomic mass is 16.3. The van der Waals surface area contributed by atoms with Crippen molar-refractivity contribution in [3.8, 4) is 0 Å². The molecule has 3 saturated carbocycles. The van der Waals surface area contributed by atoms with Crippen LogP contribution in [0.2, 0.25) is 0 Å². The first kappa shape index (κ1) is 18.0. The summed E-state index contributed by atoms with van der Waals surface area (Å²) < 4.78 is 0. The van der Waals surface area contributed by atoms with E-state index in [9.17, 15) is 10.2 Å². The zero-order chi connectivity index (χ0) is 16.7. The van der Waals surface area contributed by atoms with Gasteiger partial charge in [-0.05, 0) is 68.1 Å². The van der Waals surface area contributed by atoms with Crippen LogP contribution in [0.25, 0.3) is 0 Å². The molecule has 0 spiro atoms. The molecule has 4 rings (SSSR count). The lowest BCUT2D eigenvalue weighted by Gasteiger charge is -2.61. The second-order valence-corrected chi connectivity index (χ2v) is 9.04. The maximum atomic E-state index is 10.0. The van der Waals surface area contributed by atoms with Gasteiger partial charge in [0.15, 0.2) is 0 Å². The molecule has 2 N–H and O–H groups in total. The fourth-order valence-corrected chi connectivity index (χ4v) is 4.62. The molecule has 3 fully saturated rings. The van der Waals surface area contributed by atoms with Crippen LogP contribution in [0.4, 0.5) is 0 Å². The van der Waals surface area contributed by atoms with Crippen LogP contribution < -0.4 is 0 Å². The first-order chi connectivity index (χ1) is 10.1. The quantitative estimate of drug-likeness (QED) is 0.698. The Balaban J connectivity index is 0.000000160. The summed E-state index contributed by atoms with van der Waals surface area (Å²) in [6, 6.07) is 0. The first-order valence-electron chi connectivity index (χ1n) is 9.14. The van der Waals surface area contributed by atoms with Gasteiger partial charge in [0.05, 0.1) is 11.7 Å². The zero-order valence-corrected chi connectivity index (χ0v) is 15.4. The van der Waals surface area contributed by atoms with Crippen molar-refractivity contribution in [3.63, 3.8) is 0 Å². The van der Waals surface area contributed by atoms with Crippen molar-refractivity contribution in [2.24, 2.45) is 29.1 Å². The van der Waals surface area contributed by atoms with Gasteiger partial charge in [0.2, 0.25) is 0 Å². The monoisotopic (exact) mass is 308 g/mol. The fourth-order valence-electron chi connectivity index (χ4n) is 4.62. The van der Waals surface area contributed by atoms with E-state index in [-0.39, 0.29) is 6.10 Å². The summed E-state index contributed by atoms with van der Waals surface area (Å²) in [6.07, 6.45) is 7.42. The van der Waals surface area contributed by atoms with Gasteiger partial charge in [-0.15, -0.1) is 0 Å². The van der Waals surface area contributed by atoms with Gasteiger partial charge in [0.25, 0.3) is 0 Å². The van der Waals surface area contributed by atoms with Crippen molar-refractivity contribution >= 4 is 0 Å². The van der Waals surface area contributed by atoms with E-state index in [1.807, 2.05) is 0 Å². The number of allylic oxidation sites excluding steroid dienone is 1. The van der Waals surface area contributed by atoms with E-state index in [0.717, 1.165) is 37.5 Å². The molecule has 0 radical (unpaired) electrons. The van der Waals surface area contributed by atoms with E-state index in [0.29, 0.717) is 17.3 Å². The second kappa shape index (κ2) is 6.28. The first-order valence-corrected chi connectivity index (χ1v) is 9.14. The van der Waals surface area contributed by atoms with Gasteiger partial charge in [0.1, 0.15) is 0 Å². The summed E-state index contributed by atoms with van der Waals surface area (Å²) in [5, 5.41) is 19.6. The number of hydrogen-bond acceptors (Lipinski definition) is 2. The van der Waals surface area contributed by atoms with Gasteiger partial charge < -0.3 is 10.2 Å². The van der Waals surface area contributed by atoms with Gasteiger partial charge in [0, 0.05) is 0 Å². The van der Waals surface area contributed by atoms with E-state index in [4.69, 9.17) is 0 Å². The minimum Gasteiger partial charge on any atom is -0.393 e. The Kier molecular flexibility index (Phi) is 5.14. The molecule has 0 saturated heterocycles. The number of hydrogen-bond donors (Lipinski definition) is 2. The van der Waals surface area contributed by atoms with Crippen LogP contribution in [-0.4, -0.2) is 21.9 Å². The third-order valence-electron chi connectivity index (χ3n) is 7.14. The predicted octanol–water partition coefficient (Wildman–Crippen LogP) is 4.55. The molecule has 2 bridgehead atoms. The van der Waals surface area contributed by atoms with Crippen LogP contribution in [0.5, 0.6) is 0 Å². The third kappa shape index (κ3) is 3.28. The van der Waals surface area contributed by atoms with E-state index in [2.05, 4.69) is 47.6 Å². The molecule has 0 aliphatic heterocycles. The van der Waals surface area contributed by atoms with Crippen molar-refractivity contribution in [3.05, 3.63) is 11.6 Å². The Morgan fingerprint density at radius 2 is 1.86 bits per heavy atom. The zero-order valence-electron chi connectivity index (χ0n) is 15.4. The highest BCUT2D eigenvalue weighted by Crippen LogP contribution is 2.61. The number of aliphatic hydroxyl groups excluding tert-OH is 1. The van der Waals surface area contributed by atoms with Gasteiger partial charge in [-0.3, -0.25) is 0 Å². The predicted molar refractivity (Wildman–Crippen MR) is 92.6 cm³/mol. The minimum absolute atomic E-state index is 0.00762. The lowest BCUT2D eigenvalue weighted by Crippen LogP contribution is -2.56. The summed E-state index contributed by atoms with van der Waals surface area (Å²) in [6.45, 7) is 13.2. The largest absolute Gasteiger partial charge is 0.393 e. The van der Waals surface area contributed by atoms with Crippen molar-refractivity contribution < 1.29 is 10.2 Å². The second-order valence-electron chi connectivity index (χ2n) is 9.04. The molecule has 4 aliphatic carbocycles. The number of aliphatic hydroxyl groups is 2. The van der Waals surface area contributed by atoms with Crippen LogP contribution >= 0.6 is 0 Å². The molecule has 0 aromatic carbocycles. The molecule has 0 amide bonds. The summed E-state index contributed by atoms with van der Waals surface area (Å²) in [5.74, 6) is 2.51. The molecule has 2 heteroatoms. The Bertz CT molecular complexity index is 423. The highest BCUT2D eigenvalue weighted by Gasteiger charge is 2.55. The van der Waals surface area contributed by atoms with Crippen molar-refractivity contribution in [1.29, 1.82) is 0 Å². The summed E-state index contributed by atoms with van der Waals surface area (Å²) in [7, 11) is 0. The van der Waals surface area contributed by atoms with Crippen molar-refractivity contribution in [2.45, 2.75) is 85.4 Å². The standard InChI is InChI=1S/2C10H18O/c1-6-8-4-7(5-9(6)11)10(8,2)3;1-8(2)10(11)6-4-9(3)5-7-10/h6-9,11H,4-5H2,1-3H3;4,8,11H,5-7H2,1-3H3/t6-,7-,8+,9+;/m0./s1. The average molecular weight is 309 g/mol. The van der Waals surface area contributed by atoms with Crippen molar-refractivity contribution in [1.82, 2.24) is 0 Å². The molecular formula is C20H36O2. The number of fused-ring (bicyclic) bond motifs is 2. The lowest BCUT2D eigenvalue weighted by atomic mass is 9.45. The molecule has 2 nitrogen and oxygen atoms in total. The molecule has 5 atom stereocenters. The normalized spacial score (nSPS) is 42.9. The van der Waals surface area contributed by atoms with Crippen LogP contribution in [-0.2, 0) is 0 Å². The molecule has 22 heavy (non-hydrogen) atoms. The Hall–Kier alpha value is -0.340. The van der Waals surface area contributed by atoms with E-state index in [1.165, 1.54) is 12.0 Å². The van der Waals surface area contributed by atoms with Crippen LogP contribution in [0.3, 0.4) is 0 Å². The third-order valence-corrected chi connectivity index (χ3v) is 7.14. The van der Waals surface area contributed by atoms with Crippen LogP contribution in [0.15, 0.2) is 11.6 Å². The van der Waals surface area contributed by atoms with Crippen molar-refractivity contribution in [2.75, 3.05) is 0 Å². The molecule has 128 valence electrons. The molecule has 1 unspecified atom stereocenters. The summed E-state index contributed by atoms with van der Waals surface area (Å²) >= 11 is 0. The van der Waals surface area contributed by atoms with E-state index >= 15 is 0 Å². The Morgan fingerprint density at radius 1 is 1.23 bits per heavy atom. The van der Waals surface area contributed by atoms with E-state index in [1.54, 1.807) is 0 Å². The number of rotatable bonds is 1. The minimum atomic E-state index is -0.417. The van der Waals surface area contributed by atoms with Crippen LogP contribution in [0, 0.1) is 29.1 Å². The SMILES string of the molecule is CC1=CCC(O)(C(C)C)CC1.C[C@@H]1[C@H](O)C[C@@H]2C[C@H]1C2(C)C. The molecular weight excluding hydrogens is 272 g/mol. The molecule has 0 heterocycles. The molecule has 0 aromatic rings. The van der Waals surface area contributed by atoms with Crippen LogP contribution in [0.1, 0.15) is 73.6 Å². The topological polar surface area (TPSA) is 40.5 Å². The van der Waals surface area contributed by atoms with Gasteiger partial charge >= 0.3 is 0 Å². The lowest BCUT2D eigenvalue weighted by molar-refractivity contribution is -0.154. The molecule has 0 aromatic heterocycles. The van der Waals surface area contributed by atoms with Gasteiger partial charge in [-0.2, -0.15) is 0 Å². The maximum Gasteiger partial charge on any atom is 0.0707 e. The summed E-state index contributed by atoms with van der Waals surface area (Å²) in [5.41, 5.74) is 1.54.